The van der Waals surface area contributed by atoms with E-state index in [1.807, 2.05) is 41.8 Å². The van der Waals surface area contributed by atoms with E-state index in [2.05, 4.69) is 10.3 Å². The number of carbonyl (C=O) groups excluding carboxylic acids is 1. The first-order valence-electron chi connectivity index (χ1n) is 5.46. The second-order valence-corrected chi connectivity index (χ2v) is 5.69. The third-order valence-electron chi connectivity index (χ3n) is 2.47. The van der Waals surface area contributed by atoms with Crippen molar-refractivity contribution in [3.05, 3.63) is 45.7 Å². The lowest BCUT2D eigenvalue weighted by Gasteiger charge is -1.94. The van der Waals surface area contributed by atoms with E-state index in [0.717, 1.165) is 21.3 Å². The fraction of sp³-hybridized carbons (Fsp3) is 0.0769. The molecule has 0 unspecified atom stereocenters. The van der Waals surface area contributed by atoms with Gasteiger partial charge < -0.3 is 5.32 Å². The lowest BCUT2D eigenvalue weighted by atomic mass is 10.2. The summed E-state index contributed by atoms with van der Waals surface area (Å²) in [7, 11) is 0. The number of thioether (sulfide) groups is 1. The highest BCUT2D eigenvalue weighted by Crippen LogP contribution is 2.26. The summed E-state index contributed by atoms with van der Waals surface area (Å²) in [5.41, 5.74) is 2.09. The van der Waals surface area contributed by atoms with Crippen molar-refractivity contribution in [3.63, 3.8) is 0 Å². The maximum Gasteiger partial charge on any atom is 0.235 e. The molecule has 1 amide bonds. The average Bonchev–Trinajstić information content (AvgIpc) is 3.01. The van der Waals surface area contributed by atoms with E-state index in [4.69, 9.17) is 0 Å². The van der Waals surface area contributed by atoms with E-state index < -0.39 is 0 Å². The van der Waals surface area contributed by atoms with Crippen LogP contribution in [0.2, 0.25) is 0 Å². The lowest BCUT2D eigenvalue weighted by molar-refractivity contribution is -0.117. The van der Waals surface area contributed by atoms with Crippen molar-refractivity contribution in [3.8, 4) is 11.3 Å². The largest absolute Gasteiger partial charge is 0.320 e. The maximum absolute atomic E-state index is 11.1. The van der Waals surface area contributed by atoms with Crippen LogP contribution in [0.1, 0.15) is 5.01 Å². The second-order valence-electron chi connectivity index (χ2n) is 3.78. The molecule has 0 radical (unpaired) electrons. The Kier molecular flexibility index (Phi) is 3.17. The fourth-order valence-corrected chi connectivity index (χ4v) is 3.21. The second kappa shape index (κ2) is 4.96. The molecule has 1 aromatic heterocycles. The summed E-state index contributed by atoms with van der Waals surface area (Å²) in [6.07, 6.45) is 1.92. The van der Waals surface area contributed by atoms with Gasteiger partial charge in [0.25, 0.3) is 0 Å². The smallest absolute Gasteiger partial charge is 0.235 e. The van der Waals surface area contributed by atoms with E-state index in [9.17, 15) is 4.79 Å². The molecule has 1 aliphatic heterocycles. The summed E-state index contributed by atoms with van der Waals surface area (Å²) in [5, 5.41) is 6.63. The van der Waals surface area contributed by atoms with Crippen LogP contribution in [0, 0.1) is 0 Å². The number of aromatic nitrogens is 1. The lowest BCUT2D eigenvalue weighted by Crippen LogP contribution is -2.13. The number of amides is 1. The molecule has 2 heterocycles. The summed E-state index contributed by atoms with van der Waals surface area (Å²) in [6, 6.07) is 10.1. The van der Waals surface area contributed by atoms with Crippen molar-refractivity contribution in [1.29, 1.82) is 0 Å². The summed E-state index contributed by atoms with van der Waals surface area (Å²) in [4.78, 5) is 15.6. The predicted octanol–water partition coefficient (Wildman–Crippen LogP) is 2.97. The summed E-state index contributed by atoms with van der Waals surface area (Å²) in [6.45, 7) is 0. The summed E-state index contributed by atoms with van der Waals surface area (Å²) < 4.78 is 0. The van der Waals surface area contributed by atoms with Gasteiger partial charge >= 0.3 is 0 Å². The molecule has 1 N–H and O–H groups in total. The summed E-state index contributed by atoms with van der Waals surface area (Å²) >= 11 is 3.10. The molecule has 1 aromatic carbocycles. The zero-order valence-electron chi connectivity index (χ0n) is 9.42. The van der Waals surface area contributed by atoms with E-state index in [-0.39, 0.29) is 5.91 Å². The molecule has 0 bridgehead atoms. The van der Waals surface area contributed by atoms with Crippen LogP contribution in [0.4, 0.5) is 0 Å². The standard InChI is InChI=1S/C13H10N2OS2/c16-11-8-18-13(15-11)6-12-14-10(7-17-12)9-4-2-1-3-5-9/h1-7H,8H2,(H,15,16)/b13-6+. The van der Waals surface area contributed by atoms with Crippen molar-refractivity contribution in [2.75, 3.05) is 5.75 Å². The van der Waals surface area contributed by atoms with Crippen molar-refractivity contribution < 1.29 is 4.79 Å². The van der Waals surface area contributed by atoms with Gasteiger partial charge in [-0.25, -0.2) is 4.98 Å². The van der Waals surface area contributed by atoms with Gasteiger partial charge in [-0.3, -0.25) is 4.79 Å². The number of hydrogen-bond donors (Lipinski definition) is 1. The molecular weight excluding hydrogens is 264 g/mol. The Morgan fingerprint density at radius 3 is 2.83 bits per heavy atom. The fourth-order valence-electron chi connectivity index (χ4n) is 1.64. The Balaban J connectivity index is 1.84. The number of rotatable bonds is 2. The maximum atomic E-state index is 11.1. The highest BCUT2D eigenvalue weighted by Gasteiger charge is 2.15. The Morgan fingerprint density at radius 2 is 2.11 bits per heavy atom. The monoisotopic (exact) mass is 274 g/mol. The number of nitrogens with zero attached hydrogens (tertiary/aromatic N) is 1. The van der Waals surface area contributed by atoms with Gasteiger partial charge in [0.1, 0.15) is 5.01 Å². The molecule has 1 aliphatic rings. The van der Waals surface area contributed by atoms with Gasteiger partial charge in [-0.15, -0.1) is 11.3 Å². The zero-order valence-corrected chi connectivity index (χ0v) is 11.1. The first-order valence-corrected chi connectivity index (χ1v) is 7.33. The summed E-state index contributed by atoms with van der Waals surface area (Å²) in [5.74, 6) is 0.564. The Hall–Kier alpha value is -1.59. The average molecular weight is 274 g/mol. The highest BCUT2D eigenvalue weighted by atomic mass is 32.2. The highest BCUT2D eigenvalue weighted by molar-refractivity contribution is 8.04. The van der Waals surface area contributed by atoms with Crippen LogP contribution in [0.25, 0.3) is 17.3 Å². The van der Waals surface area contributed by atoms with Crippen LogP contribution in [-0.2, 0) is 4.79 Å². The molecule has 0 atom stereocenters. The van der Waals surface area contributed by atoms with E-state index in [0.29, 0.717) is 5.75 Å². The van der Waals surface area contributed by atoms with Gasteiger partial charge in [-0.1, -0.05) is 42.1 Å². The number of nitrogens with one attached hydrogen (secondary N) is 1. The first-order chi connectivity index (χ1) is 8.81. The number of thiazole rings is 1. The first kappa shape index (κ1) is 11.5. The van der Waals surface area contributed by atoms with Crippen LogP contribution in [-0.4, -0.2) is 16.6 Å². The molecular formula is C13H10N2OS2. The van der Waals surface area contributed by atoms with Crippen LogP contribution in [0.15, 0.2) is 40.7 Å². The van der Waals surface area contributed by atoms with Gasteiger partial charge in [-0.2, -0.15) is 0 Å². The minimum absolute atomic E-state index is 0.0612. The normalized spacial score (nSPS) is 17.1. The predicted molar refractivity (Wildman–Crippen MR) is 76.1 cm³/mol. The Morgan fingerprint density at radius 1 is 1.28 bits per heavy atom. The number of benzene rings is 1. The van der Waals surface area contributed by atoms with E-state index in [1.165, 1.54) is 11.8 Å². The SMILES string of the molecule is O=C1CS/C(=C/c2nc(-c3ccccc3)cs2)N1. The third-order valence-corrected chi connectivity index (χ3v) is 4.20. The van der Waals surface area contributed by atoms with Crippen molar-refractivity contribution in [2.24, 2.45) is 0 Å². The molecule has 0 spiro atoms. The van der Waals surface area contributed by atoms with E-state index in [1.54, 1.807) is 11.3 Å². The van der Waals surface area contributed by atoms with Crippen molar-refractivity contribution >= 4 is 35.1 Å². The molecule has 90 valence electrons. The molecule has 0 aliphatic carbocycles. The molecule has 18 heavy (non-hydrogen) atoms. The topological polar surface area (TPSA) is 42.0 Å². The van der Waals surface area contributed by atoms with Crippen LogP contribution >= 0.6 is 23.1 Å². The zero-order chi connectivity index (χ0) is 12.4. The van der Waals surface area contributed by atoms with Gasteiger partial charge in [0, 0.05) is 17.0 Å². The Bertz CT molecular complexity index is 604. The number of hydrogen-bond acceptors (Lipinski definition) is 4. The quantitative estimate of drug-likeness (QED) is 0.915. The Labute approximate surface area is 113 Å². The molecule has 3 nitrogen and oxygen atoms in total. The van der Waals surface area contributed by atoms with Crippen molar-refractivity contribution in [2.45, 2.75) is 0 Å². The van der Waals surface area contributed by atoms with Crippen LogP contribution in [0.3, 0.4) is 0 Å². The minimum atomic E-state index is 0.0612. The van der Waals surface area contributed by atoms with Crippen LogP contribution < -0.4 is 5.32 Å². The van der Waals surface area contributed by atoms with Gasteiger partial charge in [-0.05, 0) is 0 Å². The molecule has 1 saturated heterocycles. The molecule has 0 saturated carbocycles. The number of carbonyl (C=O) groups is 1. The molecule has 3 rings (SSSR count). The molecule has 2 aromatic rings. The molecule has 5 heteroatoms. The van der Waals surface area contributed by atoms with Crippen LogP contribution in [0.5, 0.6) is 0 Å². The van der Waals surface area contributed by atoms with Gasteiger partial charge in [0.15, 0.2) is 0 Å². The van der Waals surface area contributed by atoms with Crippen molar-refractivity contribution in [1.82, 2.24) is 10.3 Å². The van der Waals surface area contributed by atoms with Gasteiger partial charge in [0.2, 0.25) is 5.91 Å². The minimum Gasteiger partial charge on any atom is -0.320 e. The molecule has 1 fully saturated rings. The van der Waals surface area contributed by atoms with E-state index >= 15 is 0 Å². The van der Waals surface area contributed by atoms with Gasteiger partial charge in [0.05, 0.1) is 16.5 Å². The third kappa shape index (κ3) is 2.47.